The molecule has 1 amide bonds. The zero-order valence-electron chi connectivity index (χ0n) is 10.9. The lowest BCUT2D eigenvalue weighted by molar-refractivity contribution is 0.0597. The molecule has 19 heavy (non-hydrogen) atoms. The molecule has 0 spiro atoms. The highest BCUT2D eigenvalue weighted by atomic mass is 35.5. The van der Waals surface area contributed by atoms with Crippen LogP contribution in [0.2, 0.25) is 0 Å². The fourth-order valence-corrected chi connectivity index (χ4v) is 2.39. The van der Waals surface area contributed by atoms with Gasteiger partial charge in [-0.3, -0.25) is 4.79 Å². The summed E-state index contributed by atoms with van der Waals surface area (Å²) in [6.45, 7) is 0.499. The topological polar surface area (TPSA) is 29.5 Å². The molecule has 0 bridgehead atoms. The first-order chi connectivity index (χ1) is 9.17. The third-order valence-corrected chi connectivity index (χ3v) is 3.67. The molecule has 0 atom stereocenters. The Hall–Kier alpha value is -1.29. The van der Waals surface area contributed by atoms with Crippen molar-refractivity contribution in [1.29, 1.82) is 0 Å². The number of rotatable bonds is 5. The molecule has 0 N–H and O–H groups in total. The van der Waals surface area contributed by atoms with Crippen LogP contribution in [0.1, 0.15) is 29.6 Å². The molecule has 1 aromatic carbocycles. The normalized spacial score (nSPS) is 14.9. The van der Waals surface area contributed by atoms with Gasteiger partial charge in [0.25, 0.3) is 5.91 Å². The van der Waals surface area contributed by atoms with E-state index in [9.17, 15) is 9.18 Å². The Labute approximate surface area is 117 Å². The summed E-state index contributed by atoms with van der Waals surface area (Å²) in [4.78, 5) is 14.1. The van der Waals surface area contributed by atoms with Gasteiger partial charge >= 0.3 is 0 Å². The molecule has 1 fully saturated rings. The Morgan fingerprint density at radius 3 is 2.74 bits per heavy atom. The molecule has 0 aliphatic heterocycles. The van der Waals surface area contributed by atoms with Crippen molar-refractivity contribution in [1.82, 2.24) is 4.90 Å². The minimum Gasteiger partial charge on any atom is -0.494 e. The average molecular weight is 286 g/mol. The average Bonchev–Trinajstić information content (AvgIpc) is 2.35. The van der Waals surface area contributed by atoms with Crippen molar-refractivity contribution in [2.24, 2.45) is 0 Å². The zero-order valence-corrected chi connectivity index (χ0v) is 11.6. The van der Waals surface area contributed by atoms with E-state index >= 15 is 0 Å². The van der Waals surface area contributed by atoms with Gasteiger partial charge < -0.3 is 9.64 Å². The summed E-state index contributed by atoms with van der Waals surface area (Å²) in [7, 11) is 1.40. The van der Waals surface area contributed by atoms with Gasteiger partial charge in [-0.1, -0.05) is 0 Å². The number of alkyl halides is 1. The number of halogens is 2. The fraction of sp³-hybridized carbons (Fsp3) is 0.500. The quantitative estimate of drug-likeness (QED) is 0.778. The van der Waals surface area contributed by atoms with Gasteiger partial charge in [-0.2, -0.15) is 0 Å². The third kappa shape index (κ3) is 3.00. The highest BCUT2D eigenvalue weighted by molar-refractivity contribution is 6.18. The first-order valence-corrected chi connectivity index (χ1v) is 6.91. The lowest BCUT2D eigenvalue weighted by Gasteiger charge is -2.37. The molecular formula is C14H17ClFNO2. The lowest BCUT2D eigenvalue weighted by Crippen LogP contribution is -2.45. The van der Waals surface area contributed by atoms with Crippen molar-refractivity contribution in [2.45, 2.75) is 25.3 Å². The van der Waals surface area contributed by atoms with E-state index in [1.165, 1.54) is 19.2 Å². The molecule has 1 saturated carbocycles. The second-order valence-corrected chi connectivity index (χ2v) is 5.00. The Morgan fingerprint density at radius 2 is 2.26 bits per heavy atom. The van der Waals surface area contributed by atoms with Crippen LogP contribution in [-0.4, -0.2) is 36.4 Å². The molecule has 3 nitrogen and oxygen atoms in total. The van der Waals surface area contributed by atoms with Crippen molar-refractivity contribution in [3.05, 3.63) is 29.6 Å². The molecule has 0 unspecified atom stereocenters. The molecule has 2 rings (SSSR count). The standard InChI is InChI=1S/C14H17ClFNO2/c1-19-13-6-5-10(9-12(13)16)14(18)17(8-7-15)11-3-2-4-11/h5-6,9,11H,2-4,7-8H2,1H3. The number of carbonyl (C=O) groups is 1. The van der Waals surface area contributed by atoms with Crippen LogP contribution in [0.15, 0.2) is 18.2 Å². The number of amides is 1. The number of ether oxygens (including phenoxy) is 1. The monoisotopic (exact) mass is 285 g/mol. The van der Waals surface area contributed by atoms with E-state index in [0.29, 0.717) is 18.0 Å². The van der Waals surface area contributed by atoms with Crippen LogP contribution < -0.4 is 4.74 Å². The van der Waals surface area contributed by atoms with E-state index in [1.54, 1.807) is 11.0 Å². The lowest BCUT2D eigenvalue weighted by atomic mass is 9.91. The van der Waals surface area contributed by atoms with Gasteiger partial charge in [0.1, 0.15) is 0 Å². The second-order valence-electron chi connectivity index (χ2n) is 4.62. The molecule has 1 aliphatic carbocycles. The van der Waals surface area contributed by atoms with Gasteiger partial charge in [0.05, 0.1) is 7.11 Å². The van der Waals surface area contributed by atoms with E-state index in [0.717, 1.165) is 19.3 Å². The summed E-state index contributed by atoms with van der Waals surface area (Å²) < 4.78 is 18.5. The molecular weight excluding hydrogens is 269 g/mol. The Bertz CT molecular complexity index is 463. The van der Waals surface area contributed by atoms with Crippen LogP contribution in [0.3, 0.4) is 0 Å². The van der Waals surface area contributed by atoms with Crippen LogP contribution in [-0.2, 0) is 0 Å². The molecule has 104 valence electrons. The van der Waals surface area contributed by atoms with Gasteiger partial charge in [0.2, 0.25) is 0 Å². The van der Waals surface area contributed by atoms with Gasteiger partial charge in [-0.25, -0.2) is 4.39 Å². The fourth-order valence-electron chi connectivity index (χ4n) is 2.20. The summed E-state index contributed by atoms with van der Waals surface area (Å²) in [6, 6.07) is 4.53. The number of hydrogen-bond donors (Lipinski definition) is 0. The first-order valence-electron chi connectivity index (χ1n) is 6.38. The first kappa shape index (κ1) is 14.1. The Morgan fingerprint density at radius 1 is 1.53 bits per heavy atom. The number of hydrogen-bond acceptors (Lipinski definition) is 2. The number of nitrogens with zero attached hydrogens (tertiary/aromatic N) is 1. The van der Waals surface area contributed by atoms with Crippen LogP contribution in [0.5, 0.6) is 5.75 Å². The minimum atomic E-state index is -0.521. The molecule has 0 saturated heterocycles. The van der Waals surface area contributed by atoms with E-state index in [-0.39, 0.29) is 17.7 Å². The van der Waals surface area contributed by atoms with E-state index < -0.39 is 5.82 Å². The molecule has 0 radical (unpaired) electrons. The molecule has 1 aliphatic rings. The number of methoxy groups -OCH3 is 1. The predicted molar refractivity (Wildman–Crippen MR) is 72.3 cm³/mol. The van der Waals surface area contributed by atoms with Crippen molar-refractivity contribution in [3.63, 3.8) is 0 Å². The second kappa shape index (κ2) is 6.24. The molecule has 1 aromatic rings. The van der Waals surface area contributed by atoms with Crippen LogP contribution in [0, 0.1) is 5.82 Å². The SMILES string of the molecule is COc1ccc(C(=O)N(CCCl)C2CCC2)cc1F. The smallest absolute Gasteiger partial charge is 0.254 e. The number of benzene rings is 1. The van der Waals surface area contributed by atoms with Crippen molar-refractivity contribution >= 4 is 17.5 Å². The maximum Gasteiger partial charge on any atom is 0.254 e. The Balaban J connectivity index is 2.18. The number of carbonyl (C=O) groups excluding carboxylic acids is 1. The highest BCUT2D eigenvalue weighted by Gasteiger charge is 2.29. The Kier molecular flexibility index (Phi) is 4.64. The molecule has 0 heterocycles. The van der Waals surface area contributed by atoms with E-state index in [1.807, 2.05) is 0 Å². The zero-order chi connectivity index (χ0) is 13.8. The minimum absolute atomic E-state index is 0.143. The highest BCUT2D eigenvalue weighted by Crippen LogP contribution is 2.27. The van der Waals surface area contributed by atoms with Gasteiger partial charge in [0.15, 0.2) is 11.6 Å². The summed E-state index contributed by atoms with van der Waals surface area (Å²) in [5.41, 5.74) is 0.343. The summed E-state index contributed by atoms with van der Waals surface area (Å²) in [5.74, 6) is -0.148. The van der Waals surface area contributed by atoms with Crippen LogP contribution >= 0.6 is 11.6 Å². The summed E-state index contributed by atoms with van der Waals surface area (Å²) in [6.07, 6.45) is 3.14. The van der Waals surface area contributed by atoms with Gasteiger partial charge in [-0.05, 0) is 37.5 Å². The van der Waals surface area contributed by atoms with Crippen LogP contribution in [0.25, 0.3) is 0 Å². The summed E-state index contributed by atoms with van der Waals surface area (Å²) >= 11 is 5.74. The maximum absolute atomic E-state index is 13.6. The van der Waals surface area contributed by atoms with Crippen molar-refractivity contribution in [3.8, 4) is 5.75 Å². The van der Waals surface area contributed by atoms with Gasteiger partial charge in [-0.15, -0.1) is 11.6 Å². The van der Waals surface area contributed by atoms with Crippen molar-refractivity contribution < 1.29 is 13.9 Å². The van der Waals surface area contributed by atoms with E-state index in [4.69, 9.17) is 16.3 Å². The van der Waals surface area contributed by atoms with Crippen LogP contribution in [0.4, 0.5) is 4.39 Å². The third-order valence-electron chi connectivity index (χ3n) is 3.50. The molecule has 5 heteroatoms. The summed E-state index contributed by atoms with van der Waals surface area (Å²) in [5, 5.41) is 0. The van der Waals surface area contributed by atoms with Gasteiger partial charge in [0, 0.05) is 24.0 Å². The maximum atomic E-state index is 13.6. The predicted octanol–water partition coefficient (Wildman–Crippen LogP) is 3.07. The largest absolute Gasteiger partial charge is 0.494 e. The van der Waals surface area contributed by atoms with E-state index in [2.05, 4.69) is 0 Å². The molecule has 0 aromatic heterocycles. The van der Waals surface area contributed by atoms with Crippen molar-refractivity contribution in [2.75, 3.05) is 19.5 Å².